The molecular weight excluding hydrogens is 344 g/mol. The largest absolute Gasteiger partial charge is 0.486 e. The minimum Gasteiger partial charge on any atom is -0.486 e. The first-order valence-corrected chi connectivity index (χ1v) is 8.01. The van der Waals surface area contributed by atoms with E-state index in [1.807, 2.05) is 30.3 Å². The number of carbonyl (C=O) groups is 1. The van der Waals surface area contributed by atoms with Crippen LogP contribution >= 0.6 is 11.6 Å². The fourth-order valence-electron chi connectivity index (χ4n) is 2.27. The highest BCUT2D eigenvalue weighted by Gasteiger charge is 2.21. The van der Waals surface area contributed by atoms with Crippen LogP contribution in [-0.4, -0.2) is 31.8 Å². The molecule has 0 saturated heterocycles. The molecule has 6 nitrogen and oxygen atoms in total. The molecule has 1 amide bonds. The van der Waals surface area contributed by atoms with Gasteiger partial charge in [0.15, 0.2) is 18.1 Å². The van der Waals surface area contributed by atoms with Gasteiger partial charge < -0.3 is 19.5 Å². The summed E-state index contributed by atoms with van der Waals surface area (Å²) in [6, 6.07) is 14.0. The van der Waals surface area contributed by atoms with E-state index in [1.165, 1.54) is 6.07 Å². The van der Waals surface area contributed by atoms with Gasteiger partial charge in [0.2, 0.25) is 0 Å². The van der Waals surface area contributed by atoms with Crippen LogP contribution in [0.1, 0.15) is 5.56 Å². The molecule has 3 rings (SSSR count). The van der Waals surface area contributed by atoms with Crippen LogP contribution in [0.3, 0.4) is 0 Å². The minimum absolute atomic E-state index is 0.185. The lowest BCUT2D eigenvalue weighted by molar-refractivity contribution is -0.123. The molecule has 0 fully saturated rings. The Balaban J connectivity index is 1.45. The third-order valence-electron chi connectivity index (χ3n) is 3.51. The summed E-state index contributed by atoms with van der Waals surface area (Å²) in [5, 5.41) is 11.8. The van der Waals surface area contributed by atoms with Crippen LogP contribution in [-0.2, 0) is 4.79 Å². The molecule has 1 aliphatic rings. The Hall–Kier alpha value is -2.91. The average Bonchev–Trinajstić information content (AvgIpc) is 2.65. The number of hydrogen-bond donors (Lipinski definition) is 1. The van der Waals surface area contributed by atoms with E-state index in [2.05, 4.69) is 5.32 Å². The number of benzene rings is 2. The van der Waals surface area contributed by atoms with Crippen molar-refractivity contribution in [3.8, 4) is 23.3 Å². The second-order valence-corrected chi connectivity index (χ2v) is 5.75. The van der Waals surface area contributed by atoms with E-state index in [0.717, 1.165) is 0 Å². The van der Waals surface area contributed by atoms with Crippen molar-refractivity contribution in [2.75, 3.05) is 19.8 Å². The van der Waals surface area contributed by atoms with E-state index in [4.69, 9.17) is 31.1 Å². The van der Waals surface area contributed by atoms with Crippen molar-refractivity contribution in [1.82, 2.24) is 5.32 Å². The number of nitriles is 1. The van der Waals surface area contributed by atoms with Gasteiger partial charge in [-0.15, -0.1) is 0 Å². The van der Waals surface area contributed by atoms with Crippen LogP contribution in [0.2, 0.25) is 5.02 Å². The number of fused-ring (bicyclic) bond motifs is 1. The topological polar surface area (TPSA) is 80.6 Å². The van der Waals surface area contributed by atoms with Crippen LogP contribution in [0, 0.1) is 11.3 Å². The maximum Gasteiger partial charge on any atom is 0.258 e. The van der Waals surface area contributed by atoms with Gasteiger partial charge in [0, 0.05) is 0 Å². The van der Waals surface area contributed by atoms with Crippen molar-refractivity contribution < 1.29 is 19.0 Å². The Morgan fingerprint density at radius 1 is 1.32 bits per heavy atom. The second-order valence-electron chi connectivity index (χ2n) is 5.35. The molecule has 0 saturated carbocycles. The van der Waals surface area contributed by atoms with E-state index in [-0.39, 0.29) is 23.6 Å². The van der Waals surface area contributed by atoms with E-state index in [0.29, 0.717) is 36.0 Å². The maximum absolute atomic E-state index is 11.9. The van der Waals surface area contributed by atoms with Crippen molar-refractivity contribution in [1.29, 1.82) is 5.26 Å². The monoisotopic (exact) mass is 358 g/mol. The summed E-state index contributed by atoms with van der Waals surface area (Å²) >= 11 is 5.99. The number of rotatable bonds is 5. The fraction of sp³-hybridized carbons (Fsp3) is 0.222. The van der Waals surface area contributed by atoms with Gasteiger partial charge in [0.1, 0.15) is 18.5 Å². The SMILES string of the molecule is N#Cc1ccc(OCC(=O)NC[C@@H]2COc3ccccc3O2)c(Cl)c1. The van der Waals surface area contributed by atoms with E-state index in [9.17, 15) is 4.79 Å². The highest BCUT2D eigenvalue weighted by atomic mass is 35.5. The first kappa shape index (κ1) is 16.9. The zero-order chi connectivity index (χ0) is 17.6. The van der Waals surface area contributed by atoms with Crippen molar-refractivity contribution in [2.24, 2.45) is 0 Å². The molecule has 1 heterocycles. The zero-order valence-corrected chi connectivity index (χ0v) is 14.0. The van der Waals surface area contributed by atoms with Crippen LogP contribution in [0.25, 0.3) is 0 Å². The molecular formula is C18H15ClN2O4. The summed E-state index contributed by atoms with van der Waals surface area (Å²) in [7, 11) is 0. The molecule has 0 spiro atoms. The molecule has 0 radical (unpaired) electrons. The summed E-state index contributed by atoms with van der Waals surface area (Å²) in [4.78, 5) is 11.9. The number of halogens is 1. The summed E-state index contributed by atoms with van der Waals surface area (Å²) < 4.78 is 16.7. The molecule has 1 aliphatic heterocycles. The lowest BCUT2D eigenvalue weighted by atomic mass is 10.2. The lowest BCUT2D eigenvalue weighted by Crippen LogP contribution is -2.42. The van der Waals surface area contributed by atoms with E-state index < -0.39 is 0 Å². The number of amides is 1. The van der Waals surface area contributed by atoms with Crippen LogP contribution in [0.4, 0.5) is 0 Å². The van der Waals surface area contributed by atoms with Crippen molar-refractivity contribution in [3.05, 3.63) is 53.1 Å². The standard InChI is InChI=1S/C18H15ClN2O4/c19-14-7-12(8-20)5-6-15(14)24-11-18(22)21-9-13-10-23-16-3-1-2-4-17(16)25-13/h1-7,13H,9-11H2,(H,21,22)/t13-/m1/s1. The highest BCUT2D eigenvalue weighted by Crippen LogP contribution is 2.30. The Labute approximate surface area is 149 Å². The minimum atomic E-state index is -0.303. The Kier molecular flexibility index (Phi) is 5.26. The predicted octanol–water partition coefficient (Wildman–Crippen LogP) is 2.55. The molecule has 128 valence electrons. The van der Waals surface area contributed by atoms with Gasteiger partial charge in [-0.1, -0.05) is 23.7 Å². The van der Waals surface area contributed by atoms with Gasteiger partial charge in [-0.2, -0.15) is 5.26 Å². The van der Waals surface area contributed by atoms with Crippen molar-refractivity contribution in [3.63, 3.8) is 0 Å². The van der Waals surface area contributed by atoms with Crippen molar-refractivity contribution >= 4 is 17.5 Å². The Morgan fingerprint density at radius 3 is 2.88 bits per heavy atom. The van der Waals surface area contributed by atoms with Crippen molar-refractivity contribution in [2.45, 2.75) is 6.10 Å². The molecule has 0 aliphatic carbocycles. The fourth-order valence-corrected chi connectivity index (χ4v) is 2.51. The molecule has 0 bridgehead atoms. The number of carbonyl (C=O) groups excluding carboxylic acids is 1. The first-order chi connectivity index (χ1) is 12.2. The molecule has 2 aromatic rings. The highest BCUT2D eigenvalue weighted by molar-refractivity contribution is 6.32. The third kappa shape index (κ3) is 4.34. The van der Waals surface area contributed by atoms with Gasteiger partial charge >= 0.3 is 0 Å². The van der Waals surface area contributed by atoms with Crippen LogP contribution in [0.5, 0.6) is 17.2 Å². The summed E-state index contributed by atoms with van der Waals surface area (Å²) in [5.41, 5.74) is 0.427. The number of hydrogen-bond acceptors (Lipinski definition) is 5. The normalized spacial score (nSPS) is 15.1. The summed E-state index contributed by atoms with van der Waals surface area (Å²) in [6.45, 7) is 0.479. The Bertz CT molecular complexity index is 819. The molecule has 25 heavy (non-hydrogen) atoms. The molecule has 0 unspecified atom stereocenters. The smallest absolute Gasteiger partial charge is 0.258 e. The zero-order valence-electron chi connectivity index (χ0n) is 13.2. The summed E-state index contributed by atoms with van der Waals surface area (Å²) in [6.07, 6.45) is -0.266. The van der Waals surface area contributed by atoms with E-state index >= 15 is 0 Å². The average molecular weight is 359 g/mol. The molecule has 0 aromatic heterocycles. The molecule has 2 aromatic carbocycles. The third-order valence-corrected chi connectivity index (χ3v) is 3.81. The van der Waals surface area contributed by atoms with Gasteiger partial charge in [-0.3, -0.25) is 4.79 Å². The molecule has 1 N–H and O–H groups in total. The molecule has 7 heteroatoms. The van der Waals surface area contributed by atoms with Crippen LogP contribution in [0.15, 0.2) is 42.5 Å². The summed E-state index contributed by atoms with van der Waals surface area (Å²) in [5.74, 6) is 1.40. The van der Waals surface area contributed by atoms with Gasteiger partial charge in [-0.25, -0.2) is 0 Å². The maximum atomic E-state index is 11.9. The first-order valence-electron chi connectivity index (χ1n) is 7.63. The lowest BCUT2D eigenvalue weighted by Gasteiger charge is -2.26. The Morgan fingerprint density at radius 2 is 2.12 bits per heavy atom. The van der Waals surface area contributed by atoms with Gasteiger partial charge in [-0.05, 0) is 30.3 Å². The van der Waals surface area contributed by atoms with Gasteiger partial charge in [0.05, 0.1) is 23.2 Å². The number of nitrogens with one attached hydrogen (secondary N) is 1. The number of nitrogens with zero attached hydrogens (tertiary/aromatic N) is 1. The number of ether oxygens (including phenoxy) is 3. The number of para-hydroxylation sites is 2. The predicted molar refractivity (Wildman–Crippen MR) is 91.0 cm³/mol. The van der Waals surface area contributed by atoms with Gasteiger partial charge in [0.25, 0.3) is 5.91 Å². The van der Waals surface area contributed by atoms with E-state index in [1.54, 1.807) is 12.1 Å². The van der Waals surface area contributed by atoms with Crippen LogP contribution < -0.4 is 19.5 Å². The second kappa shape index (κ2) is 7.77. The quantitative estimate of drug-likeness (QED) is 0.888. The molecule has 1 atom stereocenters.